The summed E-state index contributed by atoms with van der Waals surface area (Å²) in [6.07, 6.45) is 1.46. The number of allylic oxidation sites excluding steroid dienone is 1. The lowest BCUT2D eigenvalue weighted by Crippen LogP contribution is -2.10. The Morgan fingerprint density at radius 2 is 1.70 bits per heavy atom. The van der Waals surface area contributed by atoms with Crippen molar-refractivity contribution in [3.63, 3.8) is 0 Å². The molecule has 0 spiro atoms. The Morgan fingerprint density at radius 3 is 2.37 bits per heavy atom. The number of hydrogen-bond donors (Lipinski definition) is 0. The lowest BCUT2D eigenvalue weighted by molar-refractivity contribution is 0.0729. The fourth-order valence-electron chi connectivity index (χ4n) is 2.66. The van der Waals surface area contributed by atoms with E-state index in [0.717, 1.165) is 18.2 Å². The Morgan fingerprint density at radius 1 is 0.933 bits per heavy atom. The summed E-state index contributed by atoms with van der Waals surface area (Å²) in [6, 6.07) is 14.9. The number of esters is 1. The van der Waals surface area contributed by atoms with Gasteiger partial charge in [-0.15, -0.1) is 0 Å². The molecule has 30 heavy (non-hydrogen) atoms. The first-order valence-corrected chi connectivity index (χ1v) is 8.65. The summed E-state index contributed by atoms with van der Waals surface area (Å²) >= 11 is 0. The predicted octanol–water partition coefficient (Wildman–Crippen LogP) is 5.40. The highest BCUT2D eigenvalue weighted by molar-refractivity contribution is 5.92. The van der Waals surface area contributed by atoms with E-state index in [1.165, 1.54) is 49.6 Å². The van der Waals surface area contributed by atoms with Crippen LogP contribution in [0.15, 0.2) is 60.7 Å². The molecule has 150 valence electrons. The summed E-state index contributed by atoms with van der Waals surface area (Å²) < 4.78 is 50.8. The van der Waals surface area contributed by atoms with Crippen molar-refractivity contribution in [3.8, 4) is 17.6 Å². The quantitative estimate of drug-likeness (QED) is 0.245. The van der Waals surface area contributed by atoms with Crippen molar-refractivity contribution in [1.82, 2.24) is 0 Å². The zero-order valence-corrected chi connectivity index (χ0v) is 15.7. The van der Waals surface area contributed by atoms with Gasteiger partial charge in [-0.1, -0.05) is 24.3 Å². The Bertz CT molecular complexity index is 1180. The summed E-state index contributed by atoms with van der Waals surface area (Å²) in [5, 5.41) is 9.39. The molecule has 0 N–H and O–H groups in total. The minimum absolute atomic E-state index is 0.0359. The standard InChI is InChI=1S/C23H14F3NO3/c1-29-22-11-14(10-16(13-27)17-4-2-3-5-18(17)24)6-9-21(22)30-23(28)15-7-8-19(25)20(26)12-15/h2-12H,1H3/b16-10-. The molecule has 0 saturated carbocycles. The molecule has 3 aromatic carbocycles. The summed E-state index contributed by atoms with van der Waals surface area (Å²) in [7, 11) is 1.35. The number of rotatable bonds is 5. The van der Waals surface area contributed by atoms with Crippen LogP contribution in [0.1, 0.15) is 21.5 Å². The first kappa shape index (κ1) is 20.7. The third-order valence-corrected chi connectivity index (χ3v) is 4.14. The Labute approximate surface area is 170 Å². The molecule has 0 saturated heterocycles. The lowest BCUT2D eigenvalue weighted by atomic mass is 10.0. The van der Waals surface area contributed by atoms with E-state index in [1.807, 2.05) is 6.07 Å². The first-order chi connectivity index (χ1) is 14.4. The fraction of sp³-hybridized carbons (Fsp3) is 0.0435. The van der Waals surface area contributed by atoms with Gasteiger partial charge in [0.15, 0.2) is 23.1 Å². The van der Waals surface area contributed by atoms with Gasteiger partial charge < -0.3 is 9.47 Å². The van der Waals surface area contributed by atoms with Crippen LogP contribution >= 0.6 is 0 Å². The van der Waals surface area contributed by atoms with Gasteiger partial charge in [0.25, 0.3) is 0 Å². The largest absolute Gasteiger partial charge is 0.493 e. The van der Waals surface area contributed by atoms with E-state index in [0.29, 0.717) is 5.56 Å². The monoisotopic (exact) mass is 409 g/mol. The van der Waals surface area contributed by atoms with Crippen LogP contribution in [0.25, 0.3) is 11.6 Å². The van der Waals surface area contributed by atoms with Crippen LogP contribution in [-0.4, -0.2) is 13.1 Å². The van der Waals surface area contributed by atoms with Gasteiger partial charge in [0, 0.05) is 5.56 Å². The molecule has 0 aliphatic rings. The third-order valence-electron chi connectivity index (χ3n) is 4.14. The fourth-order valence-corrected chi connectivity index (χ4v) is 2.66. The van der Waals surface area contributed by atoms with E-state index < -0.39 is 23.4 Å². The van der Waals surface area contributed by atoms with Gasteiger partial charge in [-0.2, -0.15) is 5.26 Å². The van der Waals surface area contributed by atoms with E-state index in [2.05, 4.69) is 0 Å². The minimum atomic E-state index is -1.17. The second kappa shape index (κ2) is 8.97. The Kier molecular flexibility index (Phi) is 6.18. The van der Waals surface area contributed by atoms with Crippen LogP contribution < -0.4 is 9.47 Å². The molecule has 3 aromatic rings. The highest BCUT2D eigenvalue weighted by Crippen LogP contribution is 2.31. The lowest BCUT2D eigenvalue weighted by Gasteiger charge is -2.10. The molecule has 0 aromatic heterocycles. The van der Waals surface area contributed by atoms with Crippen molar-refractivity contribution in [2.24, 2.45) is 0 Å². The number of methoxy groups -OCH3 is 1. The maximum Gasteiger partial charge on any atom is 0.343 e. The summed E-state index contributed by atoms with van der Waals surface area (Å²) in [5.74, 6) is -3.49. The summed E-state index contributed by atoms with van der Waals surface area (Å²) in [4.78, 5) is 12.2. The average Bonchev–Trinajstić information content (AvgIpc) is 2.75. The van der Waals surface area contributed by atoms with E-state index >= 15 is 0 Å². The first-order valence-electron chi connectivity index (χ1n) is 8.65. The zero-order valence-electron chi connectivity index (χ0n) is 15.7. The van der Waals surface area contributed by atoms with Crippen LogP contribution in [0, 0.1) is 28.8 Å². The van der Waals surface area contributed by atoms with Gasteiger partial charge in [0.1, 0.15) is 5.82 Å². The van der Waals surface area contributed by atoms with Gasteiger partial charge in [-0.25, -0.2) is 18.0 Å². The molecule has 4 nitrogen and oxygen atoms in total. The molecule has 0 fully saturated rings. The molecule has 0 amide bonds. The molecule has 0 aliphatic heterocycles. The molecule has 0 aliphatic carbocycles. The second-order valence-electron chi connectivity index (χ2n) is 6.08. The van der Waals surface area contributed by atoms with Gasteiger partial charge in [-0.05, 0) is 48.0 Å². The van der Waals surface area contributed by atoms with E-state index in [-0.39, 0.29) is 28.2 Å². The normalized spacial score (nSPS) is 11.0. The number of ether oxygens (including phenoxy) is 2. The van der Waals surface area contributed by atoms with Crippen molar-refractivity contribution in [1.29, 1.82) is 5.26 Å². The number of nitrogens with zero attached hydrogens (tertiary/aromatic N) is 1. The maximum atomic E-state index is 14.0. The van der Waals surface area contributed by atoms with Crippen LogP contribution in [-0.2, 0) is 0 Å². The molecule has 0 heterocycles. The number of nitriles is 1. The molecule has 7 heteroatoms. The smallest absolute Gasteiger partial charge is 0.343 e. The zero-order chi connectivity index (χ0) is 21.7. The SMILES string of the molecule is COc1cc(/C=C(/C#N)c2ccccc2F)ccc1OC(=O)c1ccc(F)c(F)c1. The van der Waals surface area contributed by atoms with Crippen LogP contribution in [0.5, 0.6) is 11.5 Å². The number of carbonyl (C=O) groups excluding carboxylic acids is 1. The number of hydrogen-bond acceptors (Lipinski definition) is 4. The molecule has 3 rings (SSSR count). The Balaban J connectivity index is 1.89. The van der Waals surface area contributed by atoms with Gasteiger partial charge in [-0.3, -0.25) is 0 Å². The number of benzene rings is 3. The van der Waals surface area contributed by atoms with Gasteiger partial charge in [0.05, 0.1) is 24.3 Å². The topological polar surface area (TPSA) is 59.3 Å². The van der Waals surface area contributed by atoms with E-state index in [1.54, 1.807) is 6.07 Å². The predicted molar refractivity (Wildman–Crippen MR) is 104 cm³/mol. The molecule has 0 unspecified atom stereocenters. The highest BCUT2D eigenvalue weighted by Gasteiger charge is 2.15. The van der Waals surface area contributed by atoms with Crippen molar-refractivity contribution in [2.45, 2.75) is 0 Å². The number of carbonyl (C=O) groups is 1. The molecular weight excluding hydrogens is 395 g/mol. The molecule has 0 atom stereocenters. The maximum absolute atomic E-state index is 14.0. The van der Waals surface area contributed by atoms with E-state index in [4.69, 9.17) is 9.47 Å². The second-order valence-corrected chi connectivity index (χ2v) is 6.08. The Hall–Kier alpha value is -4.05. The van der Waals surface area contributed by atoms with Crippen LogP contribution in [0.3, 0.4) is 0 Å². The third kappa shape index (κ3) is 4.50. The minimum Gasteiger partial charge on any atom is -0.493 e. The van der Waals surface area contributed by atoms with E-state index in [9.17, 15) is 23.2 Å². The molecular formula is C23H14F3NO3. The van der Waals surface area contributed by atoms with Crippen molar-refractivity contribution in [2.75, 3.05) is 7.11 Å². The van der Waals surface area contributed by atoms with Crippen LogP contribution in [0.4, 0.5) is 13.2 Å². The van der Waals surface area contributed by atoms with Crippen LogP contribution in [0.2, 0.25) is 0 Å². The summed E-state index contributed by atoms with van der Waals surface area (Å²) in [6.45, 7) is 0. The average molecular weight is 409 g/mol. The van der Waals surface area contributed by atoms with Gasteiger partial charge in [0.2, 0.25) is 0 Å². The van der Waals surface area contributed by atoms with Crippen molar-refractivity contribution in [3.05, 3.63) is 94.8 Å². The highest BCUT2D eigenvalue weighted by atomic mass is 19.2. The van der Waals surface area contributed by atoms with Gasteiger partial charge >= 0.3 is 5.97 Å². The molecule has 0 bridgehead atoms. The van der Waals surface area contributed by atoms with Crippen molar-refractivity contribution >= 4 is 17.6 Å². The number of halogens is 3. The molecule has 0 radical (unpaired) electrons. The summed E-state index contributed by atoms with van der Waals surface area (Å²) in [5.41, 5.74) is 0.569. The van der Waals surface area contributed by atoms with Crippen molar-refractivity contribution < 1.29 is 27.4 Å².